The van der Waals surface area contributed by atoms with Crippen LogP contribution in [0.4, 0.5) is 4.39 Å². The van der Waals surface area contributed by atoms with Gasteiger partial charge in [-0.3, -0.25) is 4.90 Å². The van der Waals surface area contributed by atoms with E-state index in [1.807, 2.05) is 0 Å². The first-order valence-corrected chi connectivity index (χ1v) is 7.40. The second-order valence-corrected chi connectivity index (χ2v) is 5.77. The smallest absolute Gasteiger partial charge is 0.129 e. The van der Waals surface area contributed by atoms with Gasteiger partial charge in [0.15, 0.2) is 0 Å². The van der Waals surface area contributed by atoms with Gasteiger partial charge in [-0.15, -0.1) is 0 Å². The first-order valence-electron chi connectivity index (χ1n) is 7.02. The molecule has 1 aliphatic rings. The van der Waals surface area contributed by atoms with Crippen LogP contribution in [0.25, 0.3) is 0 Å². The quantitative estimate of drug-likeness (QED) is 0.918. The number of hydrogen-bond donors (Lipinski definition) is 1. The van der Waals surface area contributed by atoms with Crippen molar-refractivity contribution >= 4 is 11.6 Å². The molecule has 106 valence electrons. The van der Waals surface area contributed by atoms with Crippen molar-refractivity contribution in [3.8, 4) is 0 Å². The minimum Gasteiger partial charge on any atom is -0.329 e. The molecule has 1 heterocycles. The molecular weight excluding hydrogens is 263 g/mol. The fourth-order valence-corrected chi connectivity index (χ4v) is 3.12. The summed E-state index contributed by atoms with van der Waals surface area (Å²) in [6.07, 6.45) is 3.48. The highest BCUT2D eigenvalue weighted by Gasteiger charge is 2.27. The number of rotatable bonds is 4. The average Bonchev–Trinajstić information content (AvgIpc) is 2.43. The van der Waals surface area contributed by atoms with Gasteiger partial charge in [0.2, 0.25) is 0 Å². The van der Waals surface area contributed by atoms with Crippen molar-refractivity contribution < 1.29 is 4.39 Å². The normalized spacial score (nSPS) is 24.6. The van der Waals surface area contributed by atoms with E-state index in [4.69, 9.17) is 17.3 Å². The van der Waals surface area contributed by atoms with Gasteiger partial charge in [-0.05, 0) is 37.4 Å². The van der Waals surface area contributed by atoms with Crippen molar-refractivity contribution in [1.82, 2.24) is 4.90 Å². The lowest BCUT2D eigenvalue weighted by Crippen LogP contribution is -2.46. The molecule has 1 aromatic rings. The van der Waals surface area contributed by atoms with Gasteiger partial charge in [0, 0.05) is 29.7 Å². The second kappa shape index (κ2) is 6.69. The largest absolute Gasteiger partial charge is 0.329 e. The average molecular weight is 285 g/mol. The summed E-state index contributed by atoms with van der Waals surface area (Å²) in [7, 11) is 0. The zero-order valence-electron chi connectivity index (χ0n) is 11.4. The zero-order chi connectivity index (χ0) is 13.8. The maximum Gasteiger partial charge on any atom is 0.129 e. The molecule has 0 saturated carbocycles. The Bertz CT molecular complexity index is 404. The van der Waals surface area contributed by atoms with Gasteiger partial charge in [0.25, 0.3) is 0 Å². The van der Waals surface area contributed by atoms with E-state index < -0.39 is 0 Å². The van der Waals surface area contributed by atoms with Gasteiger partial charge in [-0.25, -0.2) is 4.39 Å². The first-order chi connectivity index (χ1) is 9.15. The summed E-state index contributed by atoms with van der Waals surface area (Å²) in [5, 5.41) is 0.508. The third-order valence-electron chi connectivity index (χ3n) is 4.22. The van der Waals surface area contributed by atoms with Crippen LogP contribution in [0.5, 0.6) is 0 Å². The topological polar surface area (TPSA) is 29.3 Å². The molecule has 0 bridgehead atoms. The van der Waals surface area contributed by atoms with Crippen molar-refractivity contribution in [1.29, 1.82) is 0 Å². The summed E-state index contributed by atoms with van der Waals surface area (Å²) >= 11 is 6.10. The fourth-order valence-electron chi connectivity index (χ4n) is 2.89. The van der Waals surface area contributed by atoms with E-state index in [-0.39, 0.29) is 5.82 Å². The summed E-state index contributed by atoms with van der Waals surface area (Å²) in [6.45, 7) is 4.39. The van der Waals surface area contributed by atoms with Crippen LogP contribution >= 0.6 is 11.6 Å². The lowest BCUT2D eigenvalue weighted by atomic mass is 9.88. The SMILES string of the molecule is CCC1CCN(Cc2c(F)cccc2Cl)C(CN)C1. The number of halogens is 2. The number of likely N-dealkylation sites (tertiary alicyclic amines) is 1. The van der Waals surface area contributed by atoms with E-state index in [1.165, 1.54) is 18.9 Å². The number of hydrogen-bond acceptors (Lipinski definition) is 2. The minimum atomic E-state index is -0.221. The van der Waals surface area contributed by atoms with Crippen LogP contribution in [0.15, 0.2) is 18.2 Å². The Labute approximate surface area is 119 Å². The Morgan fingerprint density at radius 2 is 2.26 bits per heavy atom. The number of nitrogens with zero attached hydrogens (tertiary/aromatic N) is 1. The van der Waals surface area contributed by atoms with Crippen molar-refractivity contribution in [2.24, 2.45) is 11.7 Å². The maximum atomic E-state index is 13.8. The number of piperidine rings is 1. The summed E-state index contributed by atoms with van der Waals surface area (Å²) in [6, 6.07) is 5.20. The van der Waals surface area contributed by atoms with Gasteiger partial charge >= 0.3 is 0 Å². The first kappa shape index (κ1) is 14.8. The summed E-state index contributed by atoms with van der Waals surface area (Å²) < 4.78 is 13.8. The summed E-state index contributed by atoms with van der Waals surface area (Å²) in [5.41, 5.74) is 6.47. The molecule has 2 atom stereocenters. The Kier molecular flexibility index (Phi) is 5.20. The van der Waals surface area contributed by atoms with Crippen LogP contribution in [0.3, 0.4) is 0 Å². The fraction of sp³-hybridized carbons (Fsp3) is 0.600. The van der Waals surface area contributed by atoms with Crippen LogP contribution in [0, 0.1) is 11.7 Å². The molecule has 0 radical (unpaired) electrons. The predicted molar refractivity (Wildman–Crippen MR) is 77.7 cm³/mol. The highest BCUT2D eigenvalue weighted by molar-refractivity contribution is 6.31. The van der Waals surface area contributed by atoms with Gasteiger partial charge in [0.1, 0.15) is 5.82 Å². The van der Waals surface area contributed by atoms with E-state index in [9.17, 15) is 4.39 Å². The van der Waals surface area contributed by atoms with Crippen molar-refractivity contribution in [2.45, 2.75) is 38.8 Å². The zero-order valence-corrected chi connectivity index (χ0v) is 12.2. The van der Waals surface area contributed by atoms with Gasteiger partial charge in [0.05, 0.1) is 0 Å². The molecule has 0 aromatic heterocycles. The number of benzene rings is 1. The monoisotopic (exact) mass is 284 g/mol. The Morgan fingerprint density at radius 1 is 1.47 bits per heavy atom. The van der Waals surface area contributed by atoms with Gasteiger partial charge in [-0.2, -0.15) is 0 Å². The van der Waals surface area contributed by atoms with E-state index in [0.29, 0.717) is 29.7 Å². The molecule has 1 aromatic carbocycles. The van der Waals surface area contributed by atoms with E-state index >= 15 is 0 Å². The lowest BCUT2D eigenvalue weighted by Gasteiger charge is -2.39. The minimum absolute atomic E-state index is 0.221. The van der Waals surface area contributed by atoms with Gasteiger partial charge < -0.3 is 5.73 Å². The molecule has 2 N–H and O–H groups in total. The van der Waals surface area contributed by atoms with Crippen LogP contribution in [-0.2, 0) is 6.54 Å². The summed E-state index contributed by atoms with van der Waals surface area (Å²) in [4.78, 5) is 2.27. The standard InChI is InChI=1S/C15H22ClFN2/c1-2-11-6-7-19(12(8-11)9-18)10-13-14(16)4-3-5-15(13)17/h3-5,11-12H,2,6-10,18H2,1H3. The molecule has 1 saturated heterocycles. The van der Waals surface area contributed by atoms with Crippen molar-refractivity contribution in [2.75, 3.05) is 13.1 Å². The molecule has 2 rings (SSSR count). The second-order valence-electron chi connectivity index (χ2n) is 5.36. The highest BCUT2D eigenvalue weighted by atomic mass is 35.5. The van der Waals surface area contributed by atoms with Crippen LogP contribution in [0.2, 0.25) is 5.02 Å². The molecule has 19 heavy (non-hydrogen) atoms. The molecule has 2 nitrogen and oxygen atoms in total. The predicted octanol–water partition coefficient (Wildman–Crippen LogP) is 3.43. The molecular formula is C15H22ClFN2. The van der Waals surface area contributed by atoms with E-state index in [2.05, 4.69) is 11.8 Å². The molecule has 1 fully saturated rings. The number of nitrogens with two attached hydrogens (primary N) is 1. The lowest BCUT2D eigenvalue weighted by molar-refractivity contribution is 0.106. The van der Waals surface area contributed by atoms with Gasteiger partial charge in [-0.1, -0.05) is 31.0 Å². The molecule has 4 heteroatoms. The van der Waals surface area contributed by atoms with Crippen molar-refractivity contribution in [3.63, 3.8) is 0 Å². The molecule has 2 unspecified atom stereocenters. The molecule has 1 aliphatic heterocycles. The summed E-state index contributed by atoms with van der Waals surface area (Å²) in [5.74, 6) is 0.529. The Morgan fingerprint density at radius 3 is 2.89 bits per heavy atom. The van der Waals surface area contributed by atoms with Crippen LogP contribution in [0.1, 0.15) is 31.7 Å². The maximum absolute atomic E-state index is 13.8. The van der Waals surface area contributed by atoms with Crippen LogP contribution < -0.4 is 5.73 Å². The van der Waals surface area contributed by atoms with E-state index in [0.717, 1.165) is 18.9 Å². The molecule has 0 amide bonds. The highest BCUT2D eigenvalue weighted by Crippen LogP contribution is 2.28. The third kappa shape index (κ3) is 3.47. The van der Waals surface area contributed by atoms with Crippen LogP contribution in [-0.4, -0.2) is 24.0 Å². The third-order valence-corrected chi connectivity index (χ3v) is 4.57. The Hall–Kier alpha value is -0.640. The molecule has 0 spiro atoms. The Balaban J connectivity index is 2.10. The van der Waals surface area contributed by atoms with Crippen molar-refractivity contribution in [3.05, 3.63) is 34.6 Å². The molecule has 0 aliphatic carbocycles. The van der Waals surface area contributed by atoms with E-state index in [1.54, 1.807) is 12.1 Å².